The van der Waals surface area contributed by atoms with Gasteiger partial charge < -0.3 is 10.2 Å². The number of amides is 1. The Balaban J connectivity index is 1.24. The average Bonchev–Trinajstić information content (AvgIpc) is 3.76. The average molecular weight is 444 g/mol. The maximum Gasteiger partial charge on any atom is 0.252 e. The number of benzene rings is 3. The normalized spacial score (nSPS) is 20.1. The molecule has 3 aliphatic rings. The van der Waals surface area contributed by atoms with Gasteiger partial charge in [0.2, 0.25) is 0 Å². The Kier molecular flexibility index (Phi) is 4.91. The van der Waals surface area contributed by atoms with Crippen LogP contribution >= 0.6 is 0 Å². The van der Waals surface area contributed by atoms with E-state index in [0.29, 0.717) is 5.39 Å². The summed E-state index contributed by atoms with van der Waals surface area (Å²) in [5.41, 5.74) is 3.43. The lowest BCUT2D eigenvalue weighted by atomic mass is 9.96. The molecular formula is C28H30FN3O. The number of anilines is 1. The molecule has 6 rings (SSSR count). The highest BCUT2D eigenvalue weighted by Gasteiger charge is 2.47. The fraction of sp³-hybridized carbons (Fsp3) is 0.393. The van der Waals surface area contributed by atoms with Gasteiger partial charge in [0.05, 0.1) is 5.54 Å². The molecule has 0 aromatic heterocycles. The van der Waals surface area contributed by atoms with E-state index >= 15 is 0 Å². The van der Waals surface area contributed by atoms with E-state index in [-0.39, 0.29) is 11.7 Å². The Morgan fingerprint density at radius 3 is 2.39 bits per heavy atom. The van der Waals surface area contributed by atoms with Gasteiger partial charge in [0, 0.05) is 48.9 Å². The molecule has 1 N–H and O–H groups in total. The van der Waals surface area contributed by atoms with E-state index in [2.05, 4.69) is 33.3 Å². The van der Waals surface area contributed by atoms with Crippen molar-refractivity contribution < 1.29 is 9.18 Å². The van der Waals surface area contributed by atoms with Gasteiger partial charge in [-0.2, -0.15) is 0 Å². The lowest BCUT2D eigenvalue weighted by molar-refractivity contribution is 0.0930. The molecule has 3 aromatic rings. The highest BCUT2D eigenvalue weighted by molar-refractivity contribution is 5.98. The van der Waals surface area contributed by atoms with Crippen LogP contribution in [0.25, 0.3) is 10.8 Å². The first-order valence-corrected chi connectivity index (χ1v) is 12.1. The molecule has 1 saturated heterocycles. The van der Waals surface area contributed by atoms with Crippen molar-refractivity contribution in [2.45, 2.75) is 44.2 Å². The molecule has 2 saturated carbocycles. The molecule has 4 nitrogen and oxygen atoms in total. The predicted molar refractivity (Wildman–Crippen MR) is 130 cm³/mol. The van der Waals surface area contributed by atoms with Gasteiger partial charge in [0.15, 0.2) is 0 Å². The van der Waals surface area contributed by atoms with E-state index in [4.69, 9.17) is 0 Å². The summed E-state index contributed by atoms with van der Waals surface area (Å²) >= 11 is 0. The molecule has 0 spiro atoms. The maximum atomic E-state index is 14.4. The number of piperazine rings is 1. The third kappa shape index (κ3) is 3.78. The van der Waals surface area contributed by atoms with Crippen LogP contribution in [0.2, 0.25) is 0 Å². The minimum absolute atomic E-state index is 0.0446. The Morgan fingerprint density at radius 2 is 1.70 bits per heavy atom. The number of hydrogen-bond donors (Lipinski definition) is 1. The second-order valence-corrected chi connectivity index (χ2v) is 9.93. The second kappa shape index (κ2) is 7.84. The van der Waals surface area contributed by atoms with Crippen molar-refractivity contribution >= 4 is 22.4 Å². The van der Waals surface area contributed by atoms with Crippen LogP contribution in [0.15, 0.2) is 54.6 Å². The van der Waals surface area contributed by atoms with Crippen molar-refractivity contribution in [3.8, 4) is 0 Å². The van der Waals surface area contributed by atoms with Gasteiger partial charge in [-0.05, 0) is 67.3 Å². The number of carbonyl (C=O) groups excluding carboxylic acids is 1. The van der Waals surface area contributed by atoms with Crippen LogP contribution < -0.4 is 10.2 Å². The molecule has 5 heteroatoms. The van der Waals surface area contributed by atoms with E-state index in [9.17, 15) is 9.18 Å². The first-order valence-electron chi connectivity index (χ1n) is 12.1. The summed E-state index contributed by atoms with van der Waals surface area (Å²) in [5.74, 6) is -0.265. The van der Waals surface area contributed by atoms with Crippen molar-refractivity contribution in [2.75, 3.05) is 31.1 Å². The summed E-state index contributed by atoms with van der Waals surface area (Å²) in [6, 6.07) is 18.0. The number of fused-ring (bicyclic) bond motifs is 1. The minimum atomic E-state index is -0.414. The highest BCUT2D eigenvalue weighted by atomic mass is 19.1. The van der Waals surface area contributed by atoms with Gasteiger partial charge in [-0.15, -0.1) is 0 Å². The second-order valence-electron chi connectivity index (χ2n) is 9.93. The van der Waals surface area contributed by atoms with Gasteiger partial charge in [-0.25, -0.2) is 4.39 Å². The lowest BCUT2D eigenvalue weighted by Crippen LogP contribution is -2.47. The molecule has 2 aliphatic carbocycles. The van der Waals surface area contributed by atoms with Gasteiger partial charge >= 0.3 is 0 Å². The molecule has 1 heterocycles. The SMILES string of the molecule is Cc1ccc(N2CCN(C3CC3)CC2)cc1C(=O)NC1(c2ccc(F)c3ccccc23)CC1. The number of rotatable bonds is 5. The number of carbonyl (C=O) groups is 1. The molecule has 0 radical (unpaired) electrons. The number of aryl methyl sites for hydroxylation is 1. The molecule has 0 bridgehead atoms. The highest BCUT2D eigenvalue weighted by Crippen LogP contribution is 2.48. The fourth-order valence-electron chi connectivity index (χ4n) is 5.39. The van der Waals surface area contributed by atoms with Crippen LogP contribution in [0, 0.1) is 12.7 Å². The van der Waals surface area contributed by atoms with E-state index in [1.54, 1.807) is 0 Å². The van der Waals surface area contributed by atoms with Crippen LogP contribution in [0.3, 0.4) is 0 Å². The van der Waals surface area contributed by atoms with Crippen molar-refractivity contribution in [1.29, 1.82) is 0 Å². The molecule has 3 fully saturated rings. The largest absolute Gasteiger partial charge is 0.369 e. The number of hydrogen-bond acceptors (Lipinski definition) is 3. The van der Waals surface area contributed by atoms with Crippen LogP contribution in [-0.4, -0.2) is 43.0 Å². The van der Waals surface area contributed by atoms with Gasteiger partial charge in [-0.1, -0.05) is 36.4 Å². The van der Waals surface area contributed by atoms with Crippen molar-refractivity contribution in [3.05, 3.63) is 77.1 Å². The smallest absolute Gasteiger partial charge is 0.252 e. The molecule has 33 heavy (non-hydrogen) atoms. The van der Waals surface area contributed by atoms with E-state index < -0.39 is 5.54 Å². The first kappa shape index (κ1) is 20.7. The van der Waals surface area contributed by atoms with Crippen molar-refractivity contribution in [1.82, 2.24) is 10.2 Å². The zero-order chi connectivity index (χ0) is 22.6. The monoisotopic (exact) mass is 443 g/mol. The lowest BCUT2D eigenvalue weighted by Gasteiger charge is -2.36. The zero-order valence-corrected chi connectivity index (χ0v) is 19.1. The van der Waals surface area contributed by atoms with Crippen LogP contribution in [0.5, 0.6) is 0 Å². The van der Waals surface area contributed by atoms with Crippen molar-refractivity contribution in [3.63, 3.8) is 0 Å². The Labute approximate surface area is 194 Å². The fourth-order valence-corrected chi connectivity index (χ4v) is 5.39. The zero-order valence-electron chi connectivity index (χ0n) is 19.1. The number of nitrogens with one attached hydrogen (secondary N) is 1. The molecular weight excluding hydrogens is 413 g/mol. The third-order valence-electron chi connectivity index (χ3n) is 7.70. The molecule has 1 amide bonds. The summed E-state index contributed by atoms with van der Waals surface area (Å²) < 4.78 is 14.4. The summed E-state index contributed by atoms with van der Waals surface area (Å²) in [7, 11) is 0. The Morgan fingerprint density at radius 1 is 0.970 bits per heavy atom. The first-order chi connectivity index (χ1) is 16.0. The topological polar surface area (TPSA) is 35.6 Å². The molecule has 0 unspecified atom stereocenters. The van der Waals surface area contributed by atoms with Crippen LogP contribution in [0.1, 0.15) is 47.2 Å². The van der Waals surface area contributed by atoms with Crippen LogP contribution in [0.4, 0.5) is 10.1 Å². The molecule has 1 aliphatic heterocycles. The summed E-state index contributed by atoms with van der Waals surface area (Å²) in [5, 5.41) is 4.82. The Hall–Kier alpha value is -2.92. The van der Waals surface area contributed by atoms with Crippen molar-refractivity contribution in [2.24, 2.45) is 0 Å². The standard InChI is InChI=1S/C28H30FN3O/c1-19-6-7-21(32-16-14-31(15-17-32)20-8-9-20)18-24(19)27(33)30-28(12-13-28)25-10-11-26(29)23-5-3-2-4-22(23)25/h2-7,10-11,18,20H,8-9,12-17H2,1H3,(H,30,33). The summed E-state index contributed by atoms with van der Waals surface area (Å²) in [4.78, 5) is 18.5. The Bertz CT molecular complexity index is 1220. The quantitative estimate of drug-likeness (QED) is 0.603. The molecule has 0 atom stereocenters. The minimum Gasteiger partial charge on any atom is -0.369 e. The number of halogens is 1. The molecule has 170 valence electrons. The summed E-state index contributed by atoms with van der Waals surface area (Å²) in [6.45, 7) is 6.20. The molecule has 3 aromatic carbocycles. The van der Waals surface area contributed by atoms with Gasteiger partial charge in [-0.3, -0.25) is 9.69 Å². The van der Waals surface area contributed by atoms with Gasteiger partial charge in [0.25, 0.3) is 5.91 Å². The predicted octanol–water partition coefficient (Wildman–Crippen LogP) is 4.99. The summed E-state index contributed by atoms with van der Waals surface area (Å²) in [6.07, 6.45) is 4.44. The third-order valence-corrected chi connectivity index (χ3v) is 7.70. The van der Waals surface area contributed by atoms with E-state index in [0.717, 1.165) is 72.8 Å². The van der Waals surface area contributed by atoms with Crippen LogP contribution in [-0.2, 0) is 5.54 Å². The number of nitrogens with zero attached hydrogens (tertiary/aromatic N) is 2. The maximum absolute atomic E-state index is 14.4. The van der Waals surface area contributed by atoms with E-state index in [1.165, 1.54) is 18.9 Å². The van der Waals surface area contributed by atoms with E-state index in [1.807, 2.05) is 37.3 Å². The van der Waals surface area contributed by atoms with Gasteiger partial charge in [0.1, 0.15) is 5.82 Å².